The van der Waals surface area contributed by atoms with Crippen molar-refractivity contribution in [1.82, 2.24) is 10.2 Å². The van der Waals surface area contributed by atoms with Crippen molar-refractivity contribution in [3.05, 3.63) is 16.4 Å². The van der Waals surface area contributed by atoms with Crippen molar-refractivity contribution in [1.29, 1.82) is 0 Å². The summed E-state index contributed by atoms with van der Waals surface area (Å²) in [6, 6.07) is 2.20. The lowest BCUT2D eigenvalue weighted by molar-refractivity contribution is 0.313. The SMILES string of the molecule is CCC(Nc1cc(Cl)nnc1Cl)C1CCCCC1. The molecule has 0 spiro atoms. The van der Waals surface area contributed by atoms with Crippen molar-refractivity contribution in [2.75, 3.05) is 5.32 Å². The minimum Gasteiger partial charge on any atom is -0.379 e. The molecule has 1 aromatic rings. The lowest BCUT2D eigenvalue weighted by Gasteiger charge is -2.31. The maximum atomic E-state index is 6.04. The second kappa shape index (κ2) is 6.58. The Balaban J connectivity index is 2.06. The highest BCUT2D eigenvalue weighted by Crippen LogP contribution is 2.31. The first-order chi connectivity index (χ1) is 8.70. The summed E-state index contributed by atoms with van der Waals surface area (Å²) >= 11 is 11.9. The van der Waals surface area contributed by atoms with Crippen LogP contribution in [0, 0.1) is 5.92 Å². The van der Waals surface area contributed by atoms with E-state index in [4.69, 9.17) is 23.2 Å². The van der Waals surface area contributed by atoms with Crippen molar-refractivity contribution in [2.24, 2.45) is 5.92 Å². The van der Waals surface area contributed by atoms with Crippen LogP contribution in [-0.4, -0.2) is 16.2 Å². The molecule has 0 amide bonds. The summed E-state index contributed by atoms with van der Waals surface area (Å²) in [5, 5.41) is 11.8. The summed E-state index contributed by atoms with van der Waals surface area (Å²) in [7, 11) is 0. The number of nitrogens with one attached hydrogen (secondary N) is 1. The molecule has 3 nitrogen and oxygen atoms in total. The zero-order valence-electron chi connectivity index (χ0n) is 10.6. The van der Waals surface area contributed by atoms with Gasteiger partial charge in [-0.15, -0.1) is 10.2 Å². The molecule has 1 N–H and O–H groups in total. The molecule has 2 rings (SSSR count). The summed E-state index contributed by atoms with van der Waals surface area (Å²) in [5.74, 6) is 0.728. The van der Waals surface area contributed by atoms with Crippen LogP contribution in [0.3, 0.4) is 0 Å². The molecule has 1 unspecified atom stereocenters. The van der Waals surface area contributed by atoms with Crippen LogP contribution < -0.4 is 5.32 Å². The zero-order chi connectivity index (χ0) is 13.0. The highest BCUT2D eigenvalue weighted by atomic mass is 35.5. The van der Waals surface area contributed by atoms with Gasteiger partial charge in [0.05, 0.1) is 5.69 Å². The maximum Gasteiger partial charge on any atom is 0.174 e. The molecule has 100 valence electrons. The van der Waals surface area contributed by atoms with E-state index >= 15 is 0 Å². The fourth-order valence-corrected chi connectivity index (χ4v) is 3.04. The summed E-state index contributed by atoms with van der Waals surface area (Å²) in [5.41, 5.74) is 0.800. The Labute approximate surface area is 118 Å². The number of anilines is 1. The van der Waals surface area contributed by atoms with Gasteiger partial charge < -0.3 is 5.32 Å². The molecule has 0 bridgehead atoms. The van der Waals surface area contributed by atoms with Crippen LogP contribution in [0.5, 0.6) is 0 Å². The Morgan fingerprint density at radius 3 is 2.67 bits per heavy atom. The van der Waals surface area contributed by atoms with Crippen molar-refractivity contribution in [3.63, 3.8) is 0 Å². The first kappa shape index (κ1) is 13.9. The van der Waals surface area contributed by atoms with Gasteiger partial charge >= 0.3 is 0 Å². The number of rotatable bonds is 4. The van der Waals surface area contributed by atoms with E-state index in [1.54, 1.807) is 6.07 Å². The van der Waals surface area contributed by atoms with Gasteiger partial charge in [0.2, 0.25) is 0 Å². The Hall–Kier alpha value is -0.540. The molecule has 1 saturated carbocycles. The van der Waals surface area contributed by atoms with Crippen LogP contribution in [0.1, 0.15) is 45.4 Å². The molecule has 1 aliphatic rings. The van der Waals surface area contributed by atoms with Crippen molar-refractivity contribution in [3.8, 4) is 0 Å². The largest absolute Gasteiger partial charge is 0.379 e. The number of aromatic nitrogens is 2. The highest BCUT2D eigenvalue weighted by molar-refractivity contribution is 6.33. The van der Waals surface area contributed by atoms with E-state index in [0.29, 0.717) is 16.3 Å². The third-order valence-corrected chi connectivity index (χ3v) is 4.18. The first-order valence-corrected chi connectivity index (χ1v) is 7.41. The standard InChI is InChI=1S/C13H19Cl2N3/c1-2-10(9-6-4-3-5-7-9)16-11-8-12(14)17-18-13(11)15/h8-10H,2-7H2,1H3,(H,16,17). The second-order valence-corrected chi connectivity index (χ2v) is 5.67. The van der Waals surface area contributed by atoms with Crippen LogP contribution >= 0.6 is 23.2 Å². The molecule has 1 aromatic heterocycles. The minimum absolute atomic E-state index is 0.375. The molecule has 1 fully saturated rings. The van der Waals surface area contributed by atoms with Gasteiger partial charge in [0, 0.05) is 12.1 Å². The quantitative estimate of drug-likeness (QED) is 0.883. The fraction of sp³-hybridized carbons (Fsp3) is 0.692. The van der Waals surface area contributed by atoms with Gasteiger partial charge in [-0.25, -0.2) is 0 Å². The normalized spacial score (nSPS) is 18.6. The predicted molar refractivity (Wildman–Crippen MR) is 76.3 cm³/mol. The number of hydrogen-bond acceptors (Lipinski definition) is 3. The molecule has 1 atom stereocenters. The molecule has 0 saturated heterocycles. The van der Waals surface area contributed by atoms with Gasteiger partial charge in [-0.2, -0.15) is 0 Å². The Bertz CT molecular complexity index is 392. The Morgan fingerprint density at radius 2 is 2.00 bits per heavy atom. The van der Waals surface area contributed by atoms with Gasteiger partial charge in [0.15, 0.2) is 10.3 Å². The van der Waals surface area contributed by atoms with Crippen molar-refractivity contribution in [2.45, 2.75) is 51.5 Å². The summed E-state index contributed by atoms with van der Waals surface area (Å²) in [6.45, 7) is 2.20. The van der Waals surface area contributed by atoms with Crippen LogP contribution in [-0.2, 0) is 0 Å². The van der Waals surface area contributed by atoms with Crippen LogP contribution in [0.2, 0.25) is 10.3 Å². The lowest BCUT2D eigenvalue weighted by Crippen LogP contribution is -2.30. The maximum absolute atomic E-state index is 6.04. The van der Waals surface area contributed by atoms with Crippen molar-refractivity contribution >= 4 is 28.9 Å². The molecule has 0 aliphatic heterocycles. The smallest absolute Gasteiger partial charge is 0.174 e. The highest BCUT2D eigenvalue weighted by Gasteiger charge is 2.23. The zero-order valence-corrected chi connectivity index (χ0v) is 12.1. The predicted octanol–water partition coefficient (Wildman–Crippen LogP) is 4.55. The number of nitrogens with zero attached hydrogens (tertiary/aromatic N) is 2. The minimum atomic E-state index is 0.375. The molecule has 18 heavy (non-hydrogen) atoms. The van der Waals surface area contributed by atoms with E-state index in [2.05, 4.69) is 22.4 Å². The van der Waals surface area contributed by atoms with E-state index in [0.717, 1.165) is 18.0 Å². The summed E-state index contributed by atoms with van der Waals surface area (Å²) < 4.78 is 0. The number of halogens is 2. The van der Waals surface area contributed by atoms with E-state index in [1.807, 2.05) is 0 Å². The van der Waals surface area contributed by atoms with E-state index < -0.39 is 0 Å². The third-order valence-electron chi connectivity index (χ3n) is 3.72. The van der Waals surface area contributed by atoms with E-state index in [-0.39, 0.29) is 0 Å². The summed E-state index contributed by atoms with van der Waals surface area (Å²) in [4.78, 5) is 0. The van der Waals surface area contributed by atoms with E-state index in [9.17, 15) is 0 Å². The average molecular weight is 288 g/mol. The van der Waals surface area contributed by atoms with Gasteiger partial charge in [-0.1, -0.05) is 49.4 Å². The number of hydrogen-bond donors (Lipinski definition) is 1. The lowest BCUT2D eigenvalue weighted by atomic mass is 9.83. The monoisotopic (exact) mass is 287 g/mol. The van der Waals surface area contributed by atoms with Gasteiger partial charge in [-0.05, 0) is 25.2 Å². The van der Waals surface area contributed by atoms with Gasteiger partial charge in [-0.3, -0.25) is 0 Å². The fourth-order valence-electron chi connectivity index (χ4n) is 2.74. The Morgan fingerprint density at radius 1 is 1.28 bits per heavy atom. The van der Waals surface area contributed by atoms with E-state index in [1.165, 1.54) is 32.1 Å². The second-order valence-electron chi connectivity index (χ2n) is 4.93. The van der Waals surface area contributed by atoms with Crippen molar-refractivity contribution < 1.29 is 0 Å². The van der Waals surface area contributed by atoms with Gasteiger partial charge in [0.25, 0.3) is 0 Å². The van der Waals surface area contributed by atoms with Crippen LogP contribution in [0.25, 0.3) is 0 Å². The molecule has 5 heteroatoms. The molecule has 0 radical (unpaired) electrons. The average Bonchev–Trinajstić information content (AvgIpc) is 2.41. The summed E-state index contributed by atoms with van der Waals surface area (Å²) in [6.07, 6.45) is 7.74. The topological polar surface area (TPSA) is 37.8 Å². The molecular formula is C13H19Cl2N3. The molecular weight excluding hydrogens is 269 g/mol. The van der Waals surface area contributed by atoms with Gasteiger partial charge in [0.1, 0.15) is 0 Å². The molecule has 0 aromatic carbocycles. The molecule has 1 heterocycles. The Kier molecular flexibility index (Phi) is 5.07. The third kappa shape index (κ3) is 3.48. The first-order valence-electron chi connectivity index (χ1n) is 6.66. The van der Waals surface area contributed by atoms with Crippen LogP contribution in [0.15, 0.2) is 6.07 Å². The molecule has 1 aliphatic carbocycles. The van der Waals surface area contributed by atoms with Crippen LogP contribution in [0.4, 0.5) is 5.69 Å².